The first-order chi connectivity index (χ1) is 15.0. The van der Waals surface area contributed by atoms with Gasteiger partial charge in [0.05, 0.1) is 26.1 Å². The smallest absolute Gasteiger partial charge is 0.338 e. The molecule has 0 radical (unpaired) electrons. The van der Waals surface area contributed by atoms with Gasteiger partial charge in [-0.2, -0.15) is 4.31 Å². The zero-order valence-electron chi connectivity index (χ0n) is 17.6. The lowest BCUT2D eigenvalue weighted by molar-refractivity contribution is -0.384. The molecule has 2 aromatic carbocycles. The van der Waals surface area contributed by atoms with Gasteiger partial charge in [-0.25, -0.2) is 13.2 Å². The Bertz CT molecular complexity index is 1150. The maximum Gasteiger partial charge on any atom is 0.338 e. The number of non-ortho nitro benzene ring substituents is 1. The first kappa shape index (κ1) is 25.2. The van der Waals surface area contributed by atoms with Crippen LogP contribution in [0.15, 0.2) is 41.3 Å². The number of esters is 1. The Balaban J connectivity index is 2.10. The van der Waals surface area contributed by atoms with Crippen molar-refractivity contribution in [2.45, 2.75) is 25.7 Å². The van der Waals surface area contributed by atoms with E-state index in [1.807, 2.05) is 0 Å². The number of nitro benzene ring substituents is 1. The van der Waals surface area contributed by atoms with E-state index in [-0.39, 0.29) is 39.9 Å². The van der Waals surface area contributed by atoms with Crippen LogP contribution < -0.4 is 5.32 Å². The Morgan fingerprint density at radius 1 is 1.16 bits per heavy atom. The van der Waals surface area contributed by atoms with Gasteiger partial charge in [0.15, 0.2) is 6.61 Å². The lowest BCUT2D eigenvalue weighted by Gasteiger charge is -2.20. The summed E-state index contributed by atoms with van der Waals surface area (Å²) in [5.41, 5.74) is 0.317. The first-order valence-electron chi connectivity index (χ1n) is 9.53. The van der Waals surface area contributed by atoms with Crippen LogP contribution in [0.5, 0.6) is 0 Å². The Labute approximate surface area is 190 Å². The minimum Gasteiger partial charge on any atom is -0.452 e. The highest BCUT2D eigenvalue weighted by Gasteiger charge is 2.25. The van der Waals surface area contributed by atoms with E-state index in [1.54, 1.807) is 20.8 Å². The van der Waals surface area contributed by atoms with Crippen molar-refractivity contribution in [3.05, 3.63) is 62.7 Å². The summed E-state index contributed by atoms with van der Waals surface area (Å²) >= 11 is 5.91. The van der Waals surface area contributed by atoms with Gasteiger partial charge >= 0.3 is 5.97 Å². The van der Waals surface area contributed by atoms with Gasteiger partial charge in [-0.05, 0) is 30.7 Å². The minimum atomic E-state index is -3.79. The fourth-order valence-electron chi connectivity index (χ4n) is 2.83. The number of nitro groups is 1. The van der Waals surface area contributed by atoms with Gasteiger partial charge in [-0.1, -0.05) is 31.5 Å². The molecule has 0 fully saturated rings. The Kier molecular flexibility index (Phi) is 8.31. The van der Waals surface area contributed by atoms with Crippen molar-refractivity contribution >= 4 is 44.9 Å². The average molecular weight is 484 g/mol. The van der Waals surface area contributed by atoms with Crippen LogP contribution in [0.2, 0.25) is 5.02 Å². The number of ether oxygens (including phenoxy) is 1. The molecule has 0 aromatic heterocycles. The number of nitrogens with zero attached hydrogens (tertiary/aromatic N) is 2. The van der Waals surface area contributed by atoms with Crippen molar-refractivity contribution < 1.29 is 27.7 Å². The van der Waals surface area contributed by atoms with E-state index in [1.165, 1.54) is 28.6 Å². The van der Waals surface area contributed by atoms with Gasteiger partial charge in [0.2, 0.25) is 10.0 Å². The predicted octanol–water partition coefficient (Wildman–Crippen LogP) is 3.38. The summed E-state index contributed by atoms with van der Waals surface area (Å²) in [5.74, 6) is -1.61. The standard InChI is InChI=1S/C20H22ClN3O7S/c1-4-23(5-2)32(29,30)18-10-14(7-6-13(18)3)20(26)31-12-19(25)22-17-9-8-15(24(27)28)11-16(17)21/h6-11H,4-5,12H2,1-3H3,(H,22,25). The van der Waals surface area contributed by atoms with Crippen LogP contribution in [0.1, 0.15) is 29.8 Å². The van der Waals surface area contributed by atoms with E-state index in [4.69, 9.17) is 16.3 Å². The van der Waals surface area contributed by atoms with Crippen molar-refractivity contribution in [1.29, 1.82) is 0 Å². The van der Waals surface area contributed by atoms with Crippen LogP contribution in [0, 0.1) is 17.0 Å². The Morgan fingerprint density at radius 2 is 1.81 bits per heavy atom. The normalized spacial score (nSPS) is 11.3. The Hall–Kier alpha value is -3.02. The predicted molar refractivity (Wildman–Crippen MR) is 118 cm³/mol. The van der Waals surface area contributed by atoms with Crippen LogP contribution in [0.25, 0.3) is 0 Å². The number of halogens is 1. The molecule has 1 amide bonds. The molecule has 32 heavy (non-hydrogen) atoms. The molecule has 0 spiro atoms. The number of nitrogens with one attached hydrogen (secondary N) is 1. The first-order valence-corrected chi connectivity index (χ1v) is 11.3. The van der Waals surface area contributed by atoms with Gasteiger partial charge < -0.3 is 10.1 Å². The zero-order chi connectivity index (χ0) is 24.1. The number of hydrogen-bond acceptors (Lipinski definition) is 7. The van der Waals surface area contributed by atoms with Crippen molar-refractivity contribution in [2.75, 3.05) is 25.0 Å². The minimum absolute atomic E-state index is 0.0160. The van der Waals surface area contributed by atoms with Gasteiger partial charge in [0.25, 0.3) is 11.6 Å². The van der Waals surface area contributed by atoms with E-state index in [2.05, 4.69) is 5.32 Å². The molecule has 0 aliphatic rings. The molecule has 0 atom stereocenters. The number of amides is 1. The summed E-state index contributed by atoms with van der Waals surface area (Å²) in [6.45, 7) is 4.93. The number of aryl methyl sites for hydroxylation is 1. The molecule has 0 unspecified atom stereocenters. The molecule has 0 saturated heterocycles. The van der Waals surface area contributed by atoms with E-state index in [9.17, 15) is 28.1 Å². The number of hydrogen-bond donors (Lipinski definition) is 1. The molecule has 0 heterocycles. The van der Waals surface area contributed by atoms with E-state index >= 15 is 0 Å². The van der Waals surface area contributed by atoms with Crippen molar-refractivity contribution in [3.8, 4) is 0 Å². The summed E-state index contributed by atoms with van der Waals surface area (Å²) in [6.07, 6.45) is 0. The lowest BCUT2D eigenvalue weighted by atomic mass is 10.1. The highest BCUT2D eigenvalue weighted by Crippen LogP contribution is 2.26. The molecule has 172 valence electrons. The van der Waals surface area contributed by atoms with Gasteiger partial charge in [0.1, 0.15) is 0 Å². The molecular formula is C20H22ClN3O7S. The van der Waals surface area contributed by atoms with Crippen molar-refractivity contribution in [2.24, 2.45) is 0 Å². The maximum atomic E-state index is 12.8. The molecule has 0 saturated carbocycles. The van der Waals surface area contributed by atoms with Gasteiger partial charge in [-0.3, -0.25) is 14.9 Å². The maximum absolute atomic E-state index is 12.8. The van der Waals surface area contributed by atoms with E-state index in [0.29, 0.717) is 5.56 Å². The van der Waals surface area contributed by atoms with Crippen LogP contribution in [-0.2, 0) is 19.6 Å². The van der Waals surface area contributed by atoms with Crippen LogP contribution in [-0.4, -0.2) is 49.2 Å². The summed E-state index contributed by atoms with van der Waals surface area (Å²) in [7, 11) is -3.79. The third-order valence-corrected chi connectivity index (χ3v) is 7.02. The molecule has 0 aliphatic carbocycles. The topological polar surface area (TPSA) is 136 Å². The molecule has 2 rings (SSSR count). The zero-order valence-corrected chi connectivity index (χ0v) is 19.2. The number of anilines is 1. The van der Waals surface area contributed by atoms with Crippen LogP contribution >= 0.6 is 11.6 Å². The quantitative estimate of drug-likeness (QED) is 0.328. The third kappa shape index (κ3) is 5.81. The molecule has 0 bridgehead atoms. The molecule has 10 nitrogen and oxygen atoms in total. The fraction of sp³-hybridized carbons (Fsp3) is 0.300. The third-order valence-electron chi connectivity index (χ3n) is 4.52. The second-order valence-corrected chi connectivity index (χ2v) is 8.93. The SMILES string of the molecule is CCN(CC)S(=O)(=O)c1cc(C(=O)OCC(=O)Nc2ccc([N+](=O)[O-])cc2Cl)ccc1C. The second-order valence-electron chi connectivity index (χ2n) is 6.62. The van der Waals surface area contributed by atoms with Crippen LogP contribution in [0.4, 0.5) is 11.4 Å². The number of carbonyl (C=O) groups excluding carboxylic acids is 2. The molecule has 1 N–H and O–H groups in total. The van der Waals surface area contributed by atoms with Gasteiger partial charge in [-0.15, -0.1) is 0 Å². The summed E-state index contributed by atoms with van der Waals surface area (Å²) in [4.78, 5) is 34.6. The monoisotopic (exact) mass is 483 g/mol. The highest BCUT2D eigenvalue weighted by atomic mass is 35.5. The van der Waals surface area contributed by atoms with Crippen molar-refractivity contribution in [3.63, 3.8) is 0 Å². The molecular weight excluding hydrogens is 462 g/mol. The van der Waals surface area contributed by atoms with E-state index in [0.717, 1.165) is 12.1 Å². The number of benzene rings is 2. The second kappa shape index (κ2) is 10.5. The summed E-state index contributed by atoms with van der Waals surface area (Å²) in [5, 5.41) is 13.1. The molecule has 0 aliphatic heterocycles. The average Bonchev–Trinajstić information content (AvgIpc) is 2.74. The molecule has 12 heteroatoms. The number of sulfonamides is 1. The van der Waals surface area contributed by atoms with E-state index < -0.39 is 33.4 Å². The van der Waals surface area contributed by atoms with Gasteiger partial charge in [0, 0.05) is 25.2 Å². The number of rotatable bonds is 9. The summed E-state index contributed by atoms with van der Waals surface area (Å²) < 4.78 is 31.9. The molecule has 2 aromatic rings. The fourth-order valence-corrected chi connectivity index (χ4v) is 4.76. The number of carbonyl (C=O) groups is 2. The highest BCUT2D eigenvalue weighted by molar-refractivity contribution is 7.89. The lowest BCUT2D eigenvalue weighted by Crippen LogP contribution is -2.31. The Morgan fingerprint density at radius 3 is 2.38 bits per heavy atom. The van der Waals surface area contributed by atoms with Crippen molar-refractivity contribution in [1.82, 2.24) is 4.31 Å². The largest absolute Gasteiger partial charge is 0.452 e. The van der Waals surface area contributed by atoms with Crippen LogP contribution in [0.3, 0.4) is 0 Å². The summed E-state index contributed by atoms with van der Waals surface area (Å²) in [6, 6.07) is 7.61.